The van der Waals surface area contributed by atoms with E-state index in [2.05, 4.69) is 31.1 Å². The Morgan fingerprint density at radius 3 is 2.15 bits per heavy atom. The van der Waals surface area contributed by atoms with Gasteiger partial charge in [0.25, 0.3) is 0 Å². The minimum Gasteiger partial charge on any atom is -0.411 e. The molecule has 0 heterocycles. The van der Waals surface area contributed by atoms with Gasteiger partial charge in [0.1, 0.15) is 0 Å². The van der Waals surface area contributed by atoms with Crippen molar-refractivity contribution < 1.29 is 5.21 Å². The van der Waals surface area contributed by atoms with Gasteiger partial charge in [-0.05, 0) is 24.0 Å². The quantitative estimate of drug-likeness (QED) is 0.420. The summed E-state index contributed by atoms with van der Waals surface area (Å²) in [6.07, 6.45) is 0. The van der Waals surface area contributed by atoms with Crippen LogP contribution in [-0.4, -0.2) is 10.9 Å². The Labute approximate surface area is 78.9 Å². The Morgan fingerprint density at radius 1 is 1.23 bits per heavy atom. The van der Waals surface area contributed by atoms with E-state index in [9.17, 15) is 0 Å². The molecule has 2 heteroatoms. The molecule has 0 aliphatic heterocycles. The van der Waals surface area contributed by atoms with Crippen molar-refractivity contribution in [3.05, 3.63) is 35.4 Å². The van der Waals surface area contributed by atoms with Gasteiger partial charge in [-0.3, -0.25) is 0 Å². The predicted molar refractivity (Wildman–Crippen MR) is 54.5 cm³/mol. The van der Waals surface area contributed by atoms with Crippen molar-refractivity contribution in [1.29, 1.82) is 0 Å². The molecule has 0 spiro atoms. The van der Waals surface area contributed by atoms with E-state index >= 15 is 0 Å². The van der Waals surface area contributed by atoms with Crippen LogP contribution in [0, 0.1) is 0 Å². The van der Waals surface area contributed by atoms with Gasteiger partial charge in [0, 0.05) is 0 Å². The summed E-state index contributed by atoms with van der Waals surface area (Å²) in [5.41, 5.74) is 2.91. The largest absolute Gasteiger partial charge is 0.411 e. The molecule has 1 aromatic rings. The second kappa shape index (κ2) is 4.08. The van der Waals surface area contributed by atoms with Crippen molar-refractivity contribution in [2.75, 3.05) is 0 Å². The van der Waals surface area contributed by atoms with E-state index in [1.165, 1.54) is 5.56 Å². The molecule has 0 aromatic heterocycles. The maximum atomic E-state index is 8.55. The Bertz CT molecular complexity index is 298. The van der Waals surface area contributed by atoms with Crippen LogP contribution in [0.3, 0.4) is 0 Å². The summed E-state index contributed by atoms with van der Waals surface area (Å²) in [5.74, 6) is 0.542. The molecule has 13 heavy (non-hydrogen) atoms. The molecule has 0 saturated carbocycles. The third-order valence-electron chi connectivity index (χ3n) is 2.15. The molecule has 0 radical (unpaired) electrons. The summed E-state index contributed by atoms with van der Waals surface area (Å²) >= 11 is 0. The molecule has 2 nitrogen and oxygen atoms in total. The lowest BCUT2D eigenvalue weighted by Crippen LogP contribution is -1.95. The zero-order valence-corrected chi connectivity index (χ0v) is 8.28. The smallest absolute Gasteiger partial charge is 0.0836 e. The summed E-state index contributed by atoms with van der Waals surface area (Å²) in [4.78, 5) is 0. The average molecular weight is 177 g/mol. The fourth-order valence-electron chi connectivity index (χ4n) is 1.17. The molecule has 0 saturated heterocycles. The number of benzene rings is 1. The minimum absolute atomic E-state index is 0.542. The molecule has 0 aliphatic rings. The molecule has 0 unspecified atom stereocenters. The first-order valence-corrected chi connectivity index (χ1v) is 4.44. The van der Waals surface area contributed by atoms with E-state index in [0.717, 1.165) is 5.56 Å². The second-order valence-electron chi connectivity index (χ2n) is 3.46. The fourth-order valence-corrected chi connectivity index (χ4v) is 1.17. The highest BCUT2D eigenvalue weighted by molar-refractivity contribution is 5.98. The van der Waals surface area contributed by atoms with E-state index in [4.69, 9.17) is 5.21 Å². The van der Waals surface area contributed by atoms with Crippen LogP contribution in [0.1, 0.15) is 37.8 Å². The molecule has 1 rings (SSSR count). The van der Waals surface area contributed by atoms with Crippen LogP contribution < -0.4 is 0 Å². The van der Waals surface area contributed by atoms with Gasteiger partial charge in [-0.1, -0.05) is 43.3 Å². The first-order valence-electron chi connectivity index (χ1n) is 4.44. The highest BCUT2D eigenvalue weighted by Gasteiger charge is 2.00. The van der Waals surface area contributed by atoms with Crippen molar-refractivity contribution in [1.82, 2.24) is 0 Å². The maximum absolute atomic E-state index is 8.55. The number of hydrogen-bond donors (Lipinski definition) is 1. The number of oxime groups is 1. The molecular weight excluding hydrogens is 162 g/mol. The third kappa shape index (κ3) is 2.31. The Kier molecular flexibility index (Phi) is 3.07. The summed E-state index contributed by atoms with van der Waals surface area (Å²) in [6, 6.07) is 8.08. The molecule has 1 N–H and O–H groups in total. The van der Waals surface area contributed by atoms with E-state index in [0.29, 0.717) is 11.6 Å². The van der Waals surface area contributed by atoms with Crippen LogP contribution in [0.4, 0.5) is 0 Å². The highest BCUT2D eigenvalue weighted by atomic mass is 16.4. The van der Waals surface area contributed by atoms with Gasteiger partial charge in [0.15, 0.2) is 0 Å². The molecule has 0 aliphatic carbocycles. The van der Waals surface area contributed by atoms with Crippen LogP contribution in [0.25, 0.3) is 0 Å². The van der Waals surface area contributed by atoms with Crippen LogP contribution in [0.2, 0.25) is 0 Å². The fraction of sp³-hybridized carbons (Fsp3) is 0.364. The van der Waals surface area contributed by atoms with E-state index < -0.39 is 0 Å². The zero-order valence-electron chi connectivity index (χ0n) is 8.28. The molecule has 70 valence electrons. The minimum atomic E-state index is 0.542. The van der Waals surface area contributed by atoms with Gasteiger partial charge in [0.2, 0.25) is 0 Å². The lowest BCUT2D eigenvalue weighted by Gasteiger charge is -2.05. The topological polar surface area (TPSA) is 32.6 Å². The first-order chi connectivity index (χ1) is 6.15. The predicted octanol–water partition coefficient (Wildman–Crippen LogP) is 3.01. The molecule has 0 amide bonds. The van der Waals surface area contributed by atoms with Gasteiger partial charge >= 0.3 is 0 Å². The van der Waals surface area contributed by atoms with Crippen LogP contribution in [0.5, 0.6) is 0 Å². The van der Waals surface area contributed by atoms with E-state index in [1.54, 1.807) is 6.92 Å². The highest BCUT2D eigenvalue weighted by Crippen LogP contribution is 2.14. The van der Waals surface area contributed by atoms with Crippen molar-refractivity contribution in [2.45, 2.75) is 26.7 Å². The molecule has 0 fully saturated rings. The summed E-state index contributed by atoms with van der Waals surface area (Å²) < 4.78 is 0. The van der Waals surface area contributed by atoms with Crippen molar-refractivity contribution in [3.63, 3.8) is 0 Å². The van der Waals surface area contributed by atoms with Gasteiger partial charge in [-0.25, -0.2) is 0 Å². The normalized spacial score (nSPS) is 12.2. The summed E-state index contributed by atoms with van der Waals surface area (Å²) in [5, 5.41) is 11.7. The van der Waals surface area contributed by atoms with Crippen molar-refractivity contribution in [3.8, 4) is 0 Å². The summed E-state index contributed by atoms with van der Waals surface area (Å²) in [7, 11) is 0. The number of nitrogens with zero attached hydrogens (tertiary/aromatic N) is 1. The van der Waals surface area contributed by atoms with E-state index in [1.807, 2.05) is 12.1 Å². The van der Waals surface area contributed by atoms with E-state index in [-0.39, 0.29) is 0 Å². The van der Waals surface area contributed by atoms with Crippen LogP contribution in [0.15, 0.2) is 29.4 Å². The second-order valence-corrected chi connectivity index (χ2v) is 3.46. The van der Waals surface area contributed by atoms with Gasteiger partial charge in [-0.2, -0.15) is 0 Å². The van der Waals surface area contributed by atoms with Crippen LogP contribution in [-0.2, 0) is 0 Å². The van der Waals surface area contributed by atoms with Crippen LogP contribution >= 0.6 is 0 Å². The average Bonchev–Trinajstić information content (AvgIpc) is 2.17. The van der Waals surface area contributed by atoms with Gasteiger partial charge in [0.05, 0.1) is 5.71 Å². The third-order valence-corrected chi connectivity index (χ3v) is 2.15. The SMILES string of the molecule is C/C(=N\O)c1ccc(C(C)C)cc1. The monoisotopic (exact) mass is 177 g/mol. The number of hydrogen-bond acceptors (Lipinski definition) is 2. The maximum Gasteiger partial charge on any atom is 0.0836 e. The zero-order chi connectivity index (χ0) is 9.84. The standard InChI is InChI=1S/C11H15NO/c1-8(2)10-4-6-11(7-5-10)9(3)12-13/h4-8,13H,1-3H3/b12-9+. The van der Waals surface area contributed by atoms with Gasteiger partial charge < -0.3 is 5.21 Å². The Balaban J connectivity index is 2.94. The first kappa shape index (κ1) is 9.78. The van der Waals surface area contributed by atoms with Gasteiger partial charge in [-0.15, -0.1) is 0 Å². The Morgan fingerprint density at radius 2 is 1.77 bits per heavy atom. The lowest BCUT2D eigenvalue weighted by atomic mass is 10.0. The number of rotatable bonds is 2. The molecular formula is C11H15NO. The molecule has 1 aromatic carbocycles. The molecule has 0 bridgehead atoms. The van der Waals surface area contributed by atoms with Crippen molar-refractivity contribution in [2.24, 2.45) is 5.16 Å². The van der Waals surface area contributed by atoms with Crippen molar-refractivity contribution >= 4 is 5.71 Å². The lowest BCUT2D eigenvalue weighted by molar-refractivity contribution is 0.319. The molecule has 0 atom stereocenters. The Hall–Kier alpha value is -1.31. The summed E-state index contributed by atoms with van der Waals surface area (Å²) in [6.45, 7) is 6.09.